The Hall–Kier alpha value is -1.55. The number of nitrogens with one attached hydrogen (secondary N) is 2. The number of aliphatic hydroxyl groups is 1. The third-order valence-corrected chi connectivity index (χ3v) is 5.78. The maximum absolute atomic E-state index is 12.2. The molecule has 26 heavy (non-hydrogen) atoms. The van der Waals surface area contributed by atoms with Gasteiger partial charge in [0.2, 0.25) is 15.9 Å². The molecule has 3 atom stereocenters. The zero-order valence-corrected chi connectivity index (χ0v) is 15.7. The van der Waals surface area contributed by atoms with Crippen molar-refractivity contribution < 1.29 is 23.1 Å². The molecule has 1 saturated heterocycles. The first-order chi connectivity index (χ1) is 12.4. The number of carbonyl (C=O) groups excluding carboxylic acids is 1. The highest BCUT2D eigenvalue weighted by Gasteiger charge is 2.31. The van der Waals surface area contributed by atoms with Crippen LogP contribution in [0.15, 0.2) is 24.4 Å². The summed E-state index contributed by atoms with van der Waals surface area (Å²) in [6, 6.07) is 5.14. The van der Waals surface area contributed by atoms with Crippen LogP contribution in [0.2, 0.25) is 0 Å². The topological polar surface area (TPSA) is 118 Å². The lowest BCUT2D eigenvalue weighted by Crippen LogP contribution is -2.51. The maximum atomic E-state index is 12.2. The van der Waals surface area contributed by atoms with Gasteiger partial charge in [-0.05, 0) is 38.3 Å². The Labute approximate surface area is 154 Å². The van der Waals surface area contributed by atoms with Crippen LogP contribution < -0.4 is 10.0 Å². The van der Waals surface area contributed by atoms with E-state index in [9.17, 15) is 18.3 Å². The highest BCUT2D eigenvalue weighted by Crippen LogP contribution is 2.21. The van der Waals surface area contributed by atoms with E-state index < -0.39 is 16.1 Å². The van der Waals surface area contributed by atoms with Gasteiger partial charge in [-0.1, -0.05) is 6.07 Å². The molecule has 0 bridgehead atoms. The number of amides is 1. The second-order valence-corrected chi connectivity index (χ2v) is 8.41. The molecule has 0 aliphatic carbocycles. The van der Waals surface area contributed by atoms with E-state index in [0.717, 1.165) is 0 Å². The number of sulfonamides is 1. The van der Waals surface area contributed by atoms with Crippen LogP contribution in [-0.2, 0) is 26.0 Å². The molecule has 2 rings (SSSR count). The van der Waals surface area contributed by atoms with Crippen LogP contribution in [0.25, 0.3) is 0 Å². The average Bonchev–Trinajstić information content (AvgIpc) is 2.63. The fourth-order valence-corrected chi connectivity index (χ4v) is 3.54. The van der Waals surface area contributed by atoms with Crippen molar-refractivity contribution in [2.75, 3.05) is 18.9 Å². The highest BCUT2D eigenvalue weighted by molar-refractivity contribution is 7.89. The van der Waals surface area contributed by atoms with Gasteiger partial charge in [-0.2, -0.15) is 0 Å². The standard InChI is InChI=1S/C17H27N3O5S/c1-2-26(23,24)19-10-8-14-6-7-15(16(12-21)25-14)20-17(22)11-13-5-3-4-9-18-13/h3-5,9,14-16,19,21H,2,6-8,10-12H2,1H3,(H,20,22)/t14-,15+,16-/m1/s1. The predicted molar refractivity (Wildman–Crippen MR) is 96.9 cm³/mol. The summed E-state index contributed by atoms with van der Waals surface area (Å²) in [6.07, 6.45) is 3.07. The van der Waals surface area contributed by atoms with Crippen LogP contribution in [0.4, 0.5) is 0 Å². The summed E-state index contributed by atoms with van der Waals surface area (Å²) in [4.78, 5) is 16.3. The van der Waals surface area contributed by atoms with Crippen LogP contribution in [0.3, 0.4) is 0 Å². The van der Waals surface area contributed by atoms with Crippen LogP contribution in [0.5, 0.6) is 0 Å². The summed E-state index contributed by atoms with van der Waals surface area (Å²) in [5.74, 6) is -0.118. The van der Waals surface area contributed by atoms with Gasteiger partial charge < -0.3 is 15.2 Å². The number of aliphatic hydroxyl groups excluding tert-OH is 1. The summed E-state index contributed by atoms with van der Waals surface area (Å²) >= 11 is 0. The molecule has 0 aromatic carbocycles. The van der Waals surface area contributed by atoms with Crippen molar-refractivity contribution in [3.63, 3.8) is 0 Å². The number of rotatable bonds is 9. The van der Waals surface area contributed by atoms with Gasteiger partial charge >= 0.3 is 0 Å². The largest absolute Gasteiger partial charge is 0.394 e. The summed E-state index contributed by atoms with van der Waals surface area (Å²) in [5, 5.41) is 12.5. The minimum Gasteiger partial charge on any atom is -0.394 e. The quantitative estimate of drug-likeness (QED) is 0.550. The zero-order chi connectivity index (χ0) is 19.0. The van der Waals surface area contributed by atoms with Crippen molar-refractivity contribution in [2.45, 2.75) is 50.9 Å². The lowest BCUT2D eigenvalue weighted by atomic mass is 9.97. The smallest absolute Gasteiger partial charge is 0.226 e. The van der Waals surface area contributed by atoms with Gasteiger partial charge in [0.05, 0.1) is 30.9 Å². The van der Waals surface area contributed by atoms with Gasteiger partial charge in [-0.3, -0.25) is 9.78 Å². The molecule has 1 aliphatic rings. The van der Waals surface area contributed by atoms with E-state index in [1.807, 2.05) is 6.07 Å². The average molecular weight is 385 g/mol. The molecule has 0 saturated carbocycles. The molecule has 0 unspecified atom stereocenters. The van der Waals surface area contributed by atoms with Crippen molar-refractivity contribution >= 4 is 15.9 Å². The Kier molecular flexibility index (Phi) is 7.95. The van der Waals surface area contributed by atoms with E-state index in [1.54, 1.807) is 25.3 Å². The molecular weight excluding hydrogens is 358 g/mol. The molecule has 1 aliphatic heterocycles. The van der Waals surface area contributed by atoms with Gasteiger partial charge in [-0.25, -0.2) is 13.1 Å². The predicted octanol–water partition coefficient (Wildman–Crippen LogP) is -0.0218. The van der Waals surface area contributed by atoms with Crippen LogP contribution in [0, 0.1) is 0 Å². The number of ether oxygens (including phenoxy) is 1. The van der Waals surface area contributed by atoms with E-state index in [0.29, 0.717) is 31.5 Å². The molecule has 3 N–H and O–H groups in total. The monoisotopic (exact) mass is 385 g/mol. The zero-order valence-electron chi connectivity index (χ0n) is 14.9. The van der Waals surface area contributed by atoms with E-state index in [2.05, 4.69) is 15.0 Å². The normalized spacial score (nSPS) is 23.5. The van der Waals surface area contributed by atoms with Crippen molar-refractivity contribution in [2.24, 2.45) is 0 Å². The molecule has 0 radical (unpaired) electrons. The molecule has 146 valence electrons. The van der Waals surface area contributed by atoms with E-state index in [4.69, 9.17) is 4.74 Å². The van der Waals surface area contributed by atoms with Crippen molar-refractivity contribution in [1.82, 2.24) is 15.0 Å². The second kappa shape index (κ2) is 9.96. The Morgan fingerprint density at radius 3 is 2.85 bits per heavy atom. The van der Waals surface area contributed by atoms with Crippen molar-refractivity contribution in [3.05, 3.63) is 30.1 Å². The molecule has 1 aromatic heterocycles. The minimum atomic E-state index is -3.21. The fraction of sp³-hybridized carbons (Fsp3) is 0.647. The van der Waals surface area contributed by atoms with Crippen LogP contribution >= 0.6 is 0 Å². The summed E-state index contributed by atoms with van der Waals surface area (Å²) in [6.45, 7) is 1.68. The Balaban J connectivity index is 1.79. The first-order valence-corrected chi connectivity index (χ1v) is 10.5. The third-order valence-electron chi connectivity index (χ3n) is 4.38. The highest BCUT2D eigenvalue weighted by atomic mass is 32.2. The van der Waals surface area contributed by atoms with E-state index >= 15 is 0 Å². The molecule has 2 heterocycles. The van der Waals surface area contributed by atoms with Gasteiger partial charge in [0, 0.05) is 18.4 Å². The van der Waals surface area contributed by atoms with Gasteiger partial charge in [0.25, 0.3) is 0 Å². The molecule has 1 aromatic rings. The van der Waals surface area contributed by atoms with Crippen LogP contribution in [0.1, 0.15) is 31.9 Å². The number of hydrogen-bond acceptors (Lipinski definition) is 6. The summed E-state index contributed by atoms with van der Waals surface area (Å²) in [7, 11) is -3.21. The number of hydrogen-bond donors (Lipinski definition) is 3. The fourth-order valence-electron chi connectivity index (χ4n) is 2.91. The Bertz CT molecular complexity index is 668. The van der Waals surface area contributed by atoms with Gasteiger partial charge in [0.15, 0.2) is 0 Å². The lowest BCUT2D eigenvalue weighted by molar-refractivity contribution is -0.127. The first-order valence-electron chi connectivity index (χ1n) is 8.86. The van der Waals surface area contributed by atoms with E-state index in [-0.39, 0.29) is 36.8 Å². The number of nitrogens with zero attached hydrogens (tertiary/aromatic N) is 1. The number of carbonyl (C=O) groups is 1. The van der Waals surface area contributed by atoms with Crippen molar-refractivity contribution in [1.29, 1.82) is 0 Å². The molecule has 0 spiro atoms. The number of pyridine rings is 1. The third kappa shape index (κ3) is 6.64. The minimum absolute atomic E-state index is 0.0438. The number of aromatic nitrogens is 1. The second-order valence-electron chi connectivity index (χ2n) is 6.31. The Morgan fingerprint density at radius 2 is 2.19 bits per heavy atom. The maximum Gasteiger partial charge on any atom is 0.226 e. The molecular formula is C17H27N3O5S. The molecule has 9 heteroatoms. The summed E-state index contributed by atoms with van der Waals surface area (Å²) < 4.78 is 31.2. The molecule has 1 fully saturated rings. The van der Waals surface area contributed by atoms with Crippen molar-refractivity contribution in [3.8, 4) is 0 Å². The summed E-state index contributed by atoms with van der Waals surface area (Å²) in [5.41, 5.74) is 0.684. The SMILES string of the molecule is CCS(=O)(=O)NCC[C@H]1CC[C@H](NC(=O)Cc2ccccn2)[C@@H](CO)O1. The Morgan fingerprint density at radius 1 is 1.38 bits per heavy atom. The van der Waals surface area contributed by atoms with E-state index in [1.165, 1.54) is 0 Å². The van der Waals surface area contributed by atoms with Gasteiger partial charge in [0.1, 0.15) is 6.10 Å². The molecule has 1 amide bonds. The lowest BCUT2D eigenvalue weighted by Gasteiger charge is -2.36. The molecule has 8 nitrogen and oxygen atoms in total. The van der Waals surface area contributed by atoms with Crippen LogP contribution in [-0.4, -0.2) is 61.6 Å². The first kappa shape index (κ1) is 20.8. The van der Waals surface area contributed by atoms with Gasteiger partial charge in [-0.15, -0.1) is 0 Å².